The Balaban J connectivity index is 2.07. The van der Waals surface area contributed by atoms with Crippen LogP contribution in [0.3, 0.4) is 0 Å². The van der Waals surface area contributed by atoms with Gasteiger partial charge in [0.2, 0.25) is 0 Å². The molecule has 13 heavy (non-hydrogen) atoms. The van der Waals surface area contributed by atoms with Gasteiger partial charge in [0.15, 0.2) is 0 Å². The van der Waals surface area contributed by atoms with E-state index in [1.165, 1.54) is 0 Å². The second kappa shape index (κ2) is 3.23. The molecule has 2 fully saturated rings. The fraction of sp³-hybridized carbons (Fsp3) is 1.00. The summed E-state index contributed by atoms with van der Waals surface area (Å²) in [5.74, 6) is 0. The van der Waals surface area contributed by atoms with Gasteiger partial charge < -0.3 is 9.47 Å². The monoisotopic (exact) mass is 185 g/mol. The molecule has 0 amide bonds. The second-order valence-corrected chi connectivity index (χ2v) is 5.05. The highest BCUT2D eigenvalue weighted by Crippen LogP contribution is 2.33. The van der Waals surface area contributed by atoms with E-state index in [-0.39, 0.29) is 11.6 Å². The number of hydrogen-bond donors (Lipinski definition) is 0. The van der Waals surface area contributed by atoms with Gasteiger partial charge >= 0.3 is 0 Å². The molecular weight excluding hydrogens is 166 g/mol. The first-order valence-electron chi connectivity index (χ1n) is 5.04. The maximum absolute atomic E-state index is 5.81. The van der Waals surface area contributed by atoms with E-state index in [0.29, 0.717) is 6.04 Å². The molecule has 0 aromatic rings. The van der Waals surface area contributed by atoms with Gasteiger partial charge in [-0.3, -0.25) is 0 Å². The van der Waals surface area contributed by atoms with Gasteiger partial charge in [0.1, 0.15) is 13.0 Å². The van der Waals surface area contributed by atoms with Crippen LogP contribution in [0.15, 0.2) is 0 Å². The molecule has 0 radical (unpaired) electrons. The summed E-state index contributed by atoms with van der Waals surface area (Å²) < 4.78 is 11.3. The molecule has 2 unspecified atom stereocenters. The number of ether oxygens (including phenoxy) is 2. The Morgan fingerprint density at radius 2 is 2.08 bits per heavy atom. The van der Waals surface area contributed by atoms with Gasteiger partial charge in [0, 0.05) is 18.1 Å². The lowest BCUT2D eigenvalue weighted by Gasteiger charge is -2.37. The molecule has 2 rings (SSSR count). The molecule has 2 heterocycles. The molecule has 3 heteroatoms. The molecule has 76 valence electrons. The van der Waals surface area contributed by atoms with Crippen LogP contribution in [-0.4, -0.2) is 37.1 Å². The number of fused-ring (bicyclic) bond motifs is 1. The van der Waals surface area contributed by atoms with Crippen LogP contribution < -0.4 is 0 Å². The molecule has 2 aliphatic rings. The molecular formula is C10H19NO2. The average Bonchev–Trinajstić information content (AvgIpc) is 2.45. The zero-order valence-corrected chi connectivity index (χ0v) is 8.75. The van der Waals surface area contributed by atoms with Gasteiger partial charge in [-0.25, -0.2) is 4.90 Å². The number of nitrogens with zero attached hydrogens (tertiary/aromatic N) is 1. The first-order chi connectivity index (χ1) is 6.09. The molecule has 0 spiro atoms. The molecule has 0 N–H and O–H groups in total. The SMILES string of the molecule is CC(C)(C)C1OCC2CCOCN21. The van der Waals surface area contributed by atoms with Gasteiger partial charge in [0.05, 0.1) is 6.61 Å². The van der Waals surface area contributed by atoms with Gasteiger partial charge in [-0.15, -0.1) is 0 Å². The topological polar surface area (TPSA) is 21.7 Å². The van der Waals surface area contributed by atoms with E-state index >= 15 is 0 Å². The maximum Gasteiger partial charge on any atom is 0.117 e. The molecule has 0 aromatic carbocycles. The van der Waals surface area contributed by atoms with Gasteiger partial charge in [-0.1, -0.05) is 20.8 Å². The van der Waals surface area contributed by atoms with Gasteiger partial charge in [-0.2, -0.15) is 0 Å². The van der Waals surface area contributed by atoms with Crippen molar-refractivity contribution in [2.45, 2.75) is 39.5 Å². The maximum atomic E-state index is 5.81. The standard InChI is InChI=1S/C10H19NO2/c1-10(2,3)9-11-7-12-5-4-8(11)6-13-9/h8-9H,4-7H2,1-3H3. The predicted molar refractivity (Wildman–Crippen MR) is 50.3 cm³/mol. The quantitative estimate of drug-likeness (QED) is 0.570. The predicted octanol–water partition coefficient (Wildman–Crippen LogP) is 1.44. The minimum Gasteiger partial charge on any atom is -0.366 e. The minimum absolute atomic E-state index is 0.190. The first kappa shape index (κ1) is 9.44. The Morgan fingerprint density at radius 3 is 2.77 bits per heavy atom. The number of rotatable bonds is 0. The van der Waals surface area contributed by atoms with Crippen molar-refractivity contribution in [1.29, 1.82) is 0 Å². The molecule has 2 saturated heterocycles. The lowest BCUT2D eigenvalue weighted by atomic mass is 9.93. The summed E-state index contributed by atoms with van der Waals surface area (Å²) in [6.07, 6.45) is 1.35. The normalized spacial score (nSPS) is 36.2. The Kier molecular flexibility index (Phi) is 2.34. The van der Waals surface area contributed by atoms with E-state index in [1.807, 2.05) is 0 Å². The van der Waals surface area contributed by atoms with Crippen molar-refractivity contribution < 1.29 is 9.47 Å². The van der Waals surface area contributed by atoms with Crippen LogP contribution in [0.2, 0.25) is 0 Å². The summed E-state index contributed by atoms with van der Waals surface area (Å²) in [6.45, 7) is 9.16. The zero-order valence-electron chi connectivity index (χ0n) is 8.75. The number of hydrogen-bond acceptors (Lipinski definition) is 3. The molecule has 0 bridgehead atoms. The minimum atomic E-state index is 0.190. The van der Waals surface area contributed by atoms with Crippen molar-refractivity contribution in [3.63, 3.8) is 0 Å². The summed E-state index contributed by atoms with van der Waals surface area (Å²) in [7, 11) is 0. The fourth-order valence-electron chi connectivity index (χ4n) is 2.14. The van der Waals surface area contributed by atoms with Crippen molar-refractivity contribution in [2.24, 2.45) is 5.41 Å². The Bertz CT molecular complexity index is 188. The van der Waals surface area contributed by atoms with Crippen molar-refractivity contribution in [1.82, 2.24) is 4.90 Å². The van der Waals surface area contributed by atoms with Crippen LogP contribution in [0.4, 0.5) is 0 Å². The summed E-state index contributed by atoms with van der Waals surface area (Å²) in [4.78, 5) is 2.35. The van der Waals surface area contributed by atoms with Crippen molar-refractivity contribution in [3.05, 3.63) is 0 Å². The summed E-state index contributed by atoms with van der Waals surface area (Å²) in [5.41, 5.74) is 0.190. The van der Waals surface area contributed by atoms with Crippen LogP contribution in [0.1, 0.15) is 27.2 Å². The van der Waals surface area contributed by atoms with Gasteiger partial charge in [-0.05, 0) is 6.42 Å². The van der Waals surface area contributed by atoms with Crippen LogP contribution in [-0.2, 0) is 9.47 Å². The third-order valence-electron chi connectivity index (χ3n) is 2.79. The van der Waals surface area contributed by atoms with E-state index in [2.05, 4.69) is 25.7 Å². The Hall–Kier alpha value is -0.120. The van der Waals surface area contributed by atoms with Crippen LogP contribution in [0.5, 0.6) is 0 Å². The molecule has 2 aliphatic heterocycles. The smallest absolute Gasteiger partial charge is 0.117 e. The third kappa shape index (κ3) is 1.73. The lowest BCUT2D eigenvalue weighted by molar-refractivity contribution is -0.112. The Labute approximate surface area is 80.0 Å². The molecule has 2 atom stereocenters. The molecule has 0 saturated carbocycles. The van der Waals surface area contributed by atoms with Crippen LogP contribution >= 0.6 is 0 Å². The zero-order chi connectivity index (χ0) is 9.47. The van der Waals surface area contributed by atoms with E-state index in [4.69, 9.17) is 9.47 Å². The molecule has 0 aliphatic carbocycles. The van der Waals surface area contributed by atoms with Crippen LogP contribution in [0.25, 0.3) is 0 Å². The van der Waals surface area contributed by atoms with E-state index < -0.39 is 0 Å². The van der Waals surface area contributed by atoms with Crippen molar-refractivity contribution >= 4 is 0 Å². The Morgan fingerprint density at radius 1 is 1.31 bits per heavy atom. The third-order valence-corrected chi connectivity index (χ3v) is 2.79. The highest BCUT2D eigenvalue weighted by molar-refractivity contribution is 4.87. The molecule has 0 aromatic heterocycles. The van der Waals surface area contributed by atoms with E-state index in [1.54, 1.807) is 0 Å². The summed E-state index contributed by atoms with van der Waals surface area (Å²) in [5, 5.41) is 0. The largest absolute Gasteiger partial charge is 0.366 e. The molecule has 3 nitrogen and oxygen atoms in total. The lowest BCUT2D eigenvalue weighted by Crippen LogP contribution is -2.47. The fourth-order valence-corrected chi connectivity index (χ4v) is 2.14. The highest BCUT2D eigenvalue weighted by atomic mass is 16.5. The highest BCUT2D eigenvalue weighted by Gasteiger charge is 2.42. The van der Waals surface area contributed by atoms with Crippen molar-refractivity contribution in [3.8, 4) is 0 Å². The van der Waals surface area contributed by atoms with Gasteiger partial charge in [0.25, 0.3) is 0 Å². The van der Waals surface area contributed by atoms with Crippen LogP contribution in [0, 0.1) is 5.41 Å². The summed E-state index contributed by atoms with van der Waals surface area (Å²) >= 11 is 0. The summed E-state index contributed by atoms with van der Waals surface area (Å²) in [6, 6.07) is 0.595. The van der Waals surface area contributed by atoms with E-state index in [0.717, 1.165) is 26.4 Å². The first-order valence-corrected chi connectivity index (χ1v) is 5.04. The second-order valence-electron chi connectivity index (χ2n) is 5.05. The van der Waals surface area contributed by atoms with E-state index in [9.17, 15) is 0 Å². The van der Waals surface area contributed by atoms with Crippen molar-refractivity contribution in [2.75, 3.05) is 19.9 Å². The average molecular weight is 185 g/mol.